The van der Waals surface area contributed by atoms with Gasteiger partial charge < -0.3 is 10.8 Å². The van der Waals surface area contributed by atoms with Crippen molar-refractivity contribution < 1.29 is 18.3 Å². The Kier molecular flexibility index (Phi) is 2.15. The molecule has 1 aromatic rings. The number of benzene rings is 1. The summed E-state index contributed by atoms with van der Waals surface area (Å²) in [5, 5.41) is 9.02. The van der Waals surface area contributed by atoms with E-state index in [0.717, 1.165) is 6.07 Å². The van der Waals surface area contributed by atoms with E-state index in [1.165, 1.54) is 0 Å². The molecule has 15 heavy (non-hydrogen) atoms. The second kappa shape index (κ2) is 3.13. The van der Waals surface area contributed by atoms with Crippen LogP contribution in [0.15, 0.2) is 6.07 Å². The lowest BCUT2D eigenvalue weighted by Gasteiger charge is -2.15. The molecule has 0 saturated heterocycles. The number of phenolic OH excluding ortho intramolecular Hbond substituents is 1. The molecule has 1 fully saturated rings. The number of phenols is 1. The van der Waals surface area contributed by atoms with Gasteiger partial charge in [-0.05, 0) is 18.9 Å². The zero-order valence-electron chi connectivity index (χ0n) is 7.86. The van der Waals surface area contributed by atoms with Crippen molar-refractivity contribution in [2.75, 3.05) is 6.54 Å². The van der Waals surface area contributed by atoms with Crippen molar-refractivity contribution >= 4 is 0 Å². The second-order valence-electron chi connectivity index (χ2n) is 3.87. The first-order valence-electron chi connectivity index (χ1n) is 4.59. The van der Waals surface area contributed by atoms with Gasteiger partial charge in [0.05, 0.1) is 0 Å². The fourth-order valence-electron chi connectivity index (χ4n) is 1.71. The Morgan fingerprint density at radius 1 is 1.27 bits per heavy atom. The van der Waals surface area contributed by atoms with E-state index in [1.54, 1.807) is 0 Å². The van der Waals surface area contributed by atoms with Crippen molar-refractivity contribution in [2.45, 2.75) is 18.3 Å². The SMILES string of the molecule is NCC1(c2cc(F)c(F)c(O)c2F)CC1. The van der Waals surface area contributed by atoms with Gasteiger partial charge in [0.2, 0.25) is 5.82 Å². The van der Waals surface area contributed by atoms with E-state index in [9.17, 15) is 13.2 Å². The molecular formula is C10H10F3NO. The average Bonchev–Trinajstić information content (AvgIpc) is 3.01. The van der Waals surface area contributed by atoms with E-state index in [4.69, 9.17) is 10.8 Å². The molecule has 0 heterocycles. The summed E-state index contributed by atoms with van der Waals surface area (Å²) in [6, 6.07) is 0.782. The zero-order chi connectivity index (χ0) is 11.2. The van der Waals surface area contributed by atoms with E-state index in [2.05, 4.69) is 0 Å². The predicted octanol–water partition coefficient (Wildman–Crippen LogP) is 1.80. The molecule has 3 N–H and O–H groups in total. The van der Waals surface area contributed by atoms with Gasteiger partial charge in [0.15, 0.2) is 17.4 Å². The van der Waals surface area contributed by atoms with Crippen molar-refractivity contribution in [2.24, 2.45) is 5.73 Å². The number of halogens is 3. The summed E-state index contributed by atoms with van der Waals surface area (Å²) in [6.07, 6.45) is 1.26. The first kappa shape index (κ1) is 10.3. The van der Waals surface area contributed by atoms with Crippen molar-refractivity contribution in [1.82, 2.24) is 0 Å². The maximum absolute atomic E-state index is 13.5. The molecule has 0 spiro atoms. The number of hydrogen-bond acceptors (Lipinski definition) is 2. The molecule has 0 unspecified atom stereocenters. The molecule has 0 amide bonds. The van der Waals surface area contributed by atoms with Crippen molar-refractivity contribution in [3.05, 3.63) is 29.1 Å². The van der Waals surface area contributed by atoms with Crippen LogP contribution in [0.2, 0.25) is 0 Å². The smallest absolute Gasteiger partial charge is 0.203 e. The van der Waals surface area contributed by atoms with Gasteiger partial charge in [-0.2, -0.15) is 4.39 Å². The molecule has 0 atom stereocenters. The Labute approximate surface area is 84.5 Å². The van der Waals surface area contributed by atoms with Crippen LogP contribution in [0, 0.1) is 17.5 Å². The molecule has 2 rings (SSSR count). The van der Waals surface area contributed by atoms with Gasteiger partial charge in [-0.3, -0.25) is 0 Å². The highest BCUT2D eigenvalue weighted by Crippen LogP contribution is 2.49. The highest BCUT2D eigenvalue weighted by Gasteiger charge is 2.46. The molecular weight excluding hydrogens is 207 g/mol. The van der Waals surface area contributed by atoms with E-state index in [-0.39, 0.29) is 12.1 Å². The molecule has 1 aliphatic rings. The van der Waals surface area contributed by atoms with E-state index in [1.807, 2.05) is 0 Å². The van der Waals surface area contributed by atoms with Crippen molar-refractivity contribution in [3.63, 3.8) is 0 Å². The predicted molar refractivity (Wildman–Crippen MR) is 47.9 cm³/mol. The van der Waals surface area contributed by atoms with Gasteiger partial charge >= 0.3 is 0 Å². The van der Waals surface area contributed by atoms with Crippen LogP contribution in [0.1, 0.15) is 18.4 Å². The van der Waals surface area contributed by atoms with Gasteiger partial charge in [-0.1, -0.05) is 0 Å². The molecule has 1 saturated carbocycles. The molecule has 82 valence electrons. The highest BCUT2D eigenvalue weighted by molar-refractivity contribution is 5.40. The van der Waals surface area contributed by atoms with Gasteiger partial charge in [0.25, 0.3) is 0 Å². The fourth-order valence-corrected chi connectivity index (χ4v) is 1.71. The second-order valence-corrected chi connectivity index (χ2v) is 3.87. The number of aromatic hydroxyl groups is 1. The maximum Gasteiger partial charge on any atom is 0.203 e. The summed E-state index contributed by atoms with van der Waals surface area (Å²) in [7, 11) is 0. The minimum atomic E-state index is -1.55. The van der Waals surface area contributed by atoms with Crippen LogP contribution in [0.25, 0.3) is 0 Å². The zero-order valence-corrected chi connectivity index (χ0v) is 7.86. The van der Waals surface area contributed by atoms with Crippen LogP contribution in [0.5, 0.6) is 5.75 Å². The van der Waals surface area contributed by atoms with E-state index in [0.29, 0.717) is 12.8 Å². The van der Waals surface area contributed by atoms with Crippen molar-refractivity contribution in [1.29, 1.82) is 0 Å². The quantitative estimate of drug-likeness (QED) is 0.742. The third-order valence-corrected chi connectivity index (χ3v) is 2.95. The van der Waals surface area contributed by atoms with Crippen LogP contribution in [0.4, 0.5) is 13.2 Å². The van der Waals surface area contributed by atoms with Crippen LogP contribution < -0.4 is 5.73 Å². The molecule has 0 radical (unpaired) electrons. The van der Waals surface area contributed by atoms with Crippen LogP contribution >= 0.6 is 0 Å². The fraction of sp³-hybridized carbons (Fsp3) is 0.400. The molecule has 0 aromatic heterocycles. The highest BCUT2D eigenvalue weighted by atomic mass is 19.2. The Balaban J connectivity index is 2.58. The summed E-state index contributed by atoms with van der Waals surface area (Å²) in [4.78, 5) is 0. The standard InChI is InChI=1S/C10H10F3NO/c11-6-3-5(10(4-14)1-2-10)7(12)9(15)8(6)13/h3,15H,1-2,4,14H2. The summed E-state index contributed by atoms with van der Waals surface area (Å²) in [6.45, 7) is 0.161. The van der Waals surface area contributed by atoms with E-state index < -0.39 is 28.6 Å². The van der Waals surface area contributed by atoms with Crippen LogP contribution in [-0.2, 0) is 5.41 Å². The van der Waals surface area contributed by atoms with Crippen LogP contribution in [0.3, 0.4) is 0 Å². The third kappa shape index (κ3) is 1.38. The Morgan fingerprint density at radius 3 is 2.33 bits per heavy atom. The lowest BCUT2D eigenvalue weighted by atomic mass is 9.95. The van der Waals surface area contributed by atoms with Gasteiger partial charge in [0.1, 0.15) is 0 Å². The van der Waals surface area contributed by atoms with E-state index >= 15 is 0 Å². The first-order chi connectivity index (χ1) is 7.02. The number of rotatable bonds is 2. The minimum Gasteiger partial charge on any atom is -0.503 e. The molecule has 0 bridgehead atoms. The topological polar surface area (TPSA) is 46.2 Å². The Bertz CT molecular complexity index is 416. The molecule has 5 heteroatoms. The molecule has 2 nitrogen and oxygen atoms in total. The summed E-state index contributed by atoms with van der Waals surface area (Å²) < 4.78 is 39.2. The summed E-state index contributed by atoms with van der Waals surface area (Å²) >= 11 is 0. The normalized spacial score (nSPS) is 17.9. The van der Waals surface area contributed by atoms with Gasteiger partial charge in [0, 0.05) is 17.5 Å². The Morgan fingerprint density at radius 2 is 1.87 bits per heavy atom. The third-order valence-electron chi connectivity index (χ3n) is 2.95. The monoisotopic (exact) mass is 217 g/mol. The Hall–Kier alpha value is -1.23. The minimum absolute atomic E-state index is 0.0265. The lowest BCUT2D eigenvalue weighted by Crippen LogP contribution is -2.21. The molecule has 1 aliphatic carbocycles. The van der Waals surface area contributed by atoms with Crippen molar-refractivity contribution in [3.8, 4) is 5.75 Å². The summed E-state index contributed by atoms with van der Waals surface area (Å²) in [5.41, 5.74) is 4.80. The largest absolute Gasteiger partial charge is 0.503 e. The average molecular weight is 217 g/mol. The van der Waals surface area contributed by atoms with Crippen LogP contribution in [-0.4, -0.2) is 11.7 Å². The number of hydrogen-bond donors (Lipinski definition) is 2. The maximum atomic E-state index is 13.5. The summed E-state index contributed by atoms with van der Waals surface area (Å²) in [5.74, 6) is -5.16. The first-order valence-corrected chi connectivity index (χ1v) is 4.59. The molecule has 0 aliphatic heterocycles. The lowest BCUT2D eigenvalue weighted by molar-refractivity contribution is 0.369. The van der Waals surface area contributed by atoms with Gasteiger partial charge in [-0.15, -0.1) is 0 Å². The van der Waals surface area contributed by atoms with Gasteiger partial charge in [-0.25, -0.2) is 8.78 Å². The number of nitrogens with two attached hydrogens (primary N) is 1. The molecule has 1 aromatic carbocycles.